The van der Waals surface area contributed by atoms with Crippen LogP contribution in [0.3, 0.4) is 0 Å². The van der Waals surface area contributed by atoms with Gasteiger partial charge in [-0.1, -0.05) is 0 Å². The van der Waals surface area contributed by atoms with E-state index in [0.717, 1.165) is 13.0 Å². The summed E-state index contributed by atoms with van der Waals surface area (Å²) < 4.78 is 63.2. The molecule has 0 bridgehead atoms. The Morgan fingerprint density at radius 3 is 1.94 bits per heavy atom. The molecule has 0 aliphatic rings. The number of imidazole rings is 1. The van der Waals surface area contributed by atoms with Crippen LogP contribution >= 0.6 is 7.81 Å². The van der Waals surface area contributed by atoms with Gasteiger partial charge in [-0.05, 0) is 0 Å². The summed E-state index contributed by atoms with van der Waals surface area (Å²) in [7, 11) is -8.68. The SMILES string of the molecule is C[n+]1ccn(CCCO)c1.F[P-](F)(F)(F)(F)F. The predicted octanol–water partition coefficient (Wildman–Crippen LogP) is 3.08. The van der Waals surface area contributed by atoms with Crippen LogP contribution in [0.4, 0.5) is 25.2 Å². The number of aryl methyl sites for hydroxylation is 2. The van der Waals surface area contributed by atoms with Gasteiger partial charge >= 0.3 is 33.0 Å². The number of halogens is 6. The van der Waals surface area contributed by atoms with Crippen LogP contribution in [0.1, 0.15) is 6.42 Å². The van der Waals surface area contributed by atoms with Crippen LogP contribution in [0.25, 0.3) is 0 Å². The second-order valence-electron chi connectivity index (χ2n) is 3.35. The quantitative estimate of drug-likeness (QED) is 0.516. The molecule has 0 aliphatic heterocycles. The molecule has 0 fully saturated rings. The third-order valence-electron chi connectivity index (χ3n) is 1.40. The van der Waals surface area contributed by atoms with E-state index in [1.807, 2.05) is 30.3 Å². The van der Waals surface area contributed by atoms with Crippen molar-refractivity contribution in [2.75, 3.05) is 6.61 Å². The molecule has 0 aromatic carbocycles. The summed E-state index contributed by atoms with van der Waals surface area (Å²) in [5.41, 5.74) is 0. The molecule has 0 spiro atoms. The topological polar surface area (TPSA) is 29.0 Å². The van der Waals surface area contributed by atoms with Crippen LogP contribution in [-0.4, -0.2) is 16.3 Å². The van der Waals surface area contributed by atoms with Crippen molar-refractivity contribution in [1.29, 1.82) is 0 Å². The molecule has 0 radical (unpaired) electrons. The molecular weight excluding hydrogens is 273 g/mol. The summed E-state index contributed by atoms with van der Waals surface area (Å²) in [6.07, 6.45) is 6.80. The number of hydrogen-bond acceptors (Lipinski definition) is 1. The zero-order valence-electron chi connectivity index (χ0n) is 8.91. The fourth-order valence-electron chi connectivity index (χ4n) is 0.887. The first-order valence-corrected chi connectivity index (χ1v) is 6.49. The van der Waals surface area contributed by atoms with Crippen molar-refractivity contribution in [3.05, 3.63) is 18.7 Å². The van der Waals surface area contributed by atoms with Gasteiger partial charge in [-0.3, -0.25) is 0 Å². The van der Waals surface area contributed by atoms with Crippen molar-refractivity contribution in [2.45, 2.75) is 13.0 Å². The molecule has 1 aromatic heterocycles. The third kappa shape index (κ3) is 17.8. The Bertz CT molecular complexity index is 347. The van der Waals surface area contributed by atoms with Crippen molar-refractivity contribution in [2.24, 2.45) is 7.05 Å². The van der Waals surface area contributed by atoms with E-state index >= 15 is 0 Å². The third-order valence-corrected chi connectivity index (χ3v) is 1.40. The van der Waals surface area contributed by atoms with Crippen molar-refractivity contribution in [1.82, 2.24) is 4.57 Å². The van der Waals surface area contributed by atoms with Gasteiger partial charge in [-0.15, -0.1) is 0 Å². The Labute approximate surface area is 93.5 Å². The molecule has 17 heavy (non-hydrogen) atoms. The van der Waals surface area contributed by atoms with Crippen LogP contribution in [0.15, 0.2) is 18.7 Å². The molecule has 0 saturated heterocycles. The fraction of sp³-hybridized carbons (Fsp3) is 0.571. The molecule has 3 nitrogen and oxygen atoms in total. The van der Waals surface area contributed by atoms with E-state index in [2.05, 4.69) is 4.57 Å². The van der Waals surface area contributed by atoms with E-state index in [1.165, 1.54) is 0 Å². The molecule has 1 N–H and O–H groups in total. The van der Waals surface area contributed by atoms with E-state index in [-0.39, 0.29) is 6.61 Å². The number of aliphatic hydroxyl groups excluding tert-OH is 1. The number of aromatic nitrogens is 2. The standard InChI is InChI=1S/C7H13N2O.F6P/c1-8-4-5-9(7-8)3-2-6-10;1-7(2,3,4,5)6/h4-5,7,10H,2-3,6H2,1H3;/q+1;-1. The van der Waals surface area contributed by atoms with E-state index in [9.17, 15) is 25.2 Å². The fourth-order valence-corrected chi connectivity index (χ4v) is 0.887. The number of rotatable bonds is 3. The Morgan fingerprint density at radius 2 is 1.65 bits per heavy atom. The molecule has 104 valence electrons. The van der Waals surface area contributed by atoms with Gasteiger partial charge in [-0.25, -0.2) is 9.13 Å². The maximum absolute atomic E-state index is 10.7. The molecule has 0 saturated carbocycles. The van der Waals surface area contributed by atoms with Gasteiger partial charge < -0.3 is 5.11 Å². The molecule has 1 rings (SSSR count). The minimum absolute atomic E-state index is 0.266. The first-order valence-electron chi connectivity index (χ1n) is 4.46. The molecule has 10 heteroatoms. The van der Waals surface area contributed by atoms with Crippen LogP contribution in [-0.2, 0) is 13.6 Å². The first kappa shape index (κ1) is 16.2. The number of hydrogen-bond donors (Lipinski definition) is 1. The Kier molecular flexibility index (Phi) is 4.24. The monoisotopic (exact) mass is 286 g/mol. The molecule has 0 atom stereocenters. The second-order valence-corrected chi connectivity index (χ2v) is 5.27. The second kappa shape index (κ2) is 4.45. The Morgan fingerprint density at radius 1 is 1.18 bits per heavy atom. The molecule has 1 heterocycles. The zero-order valence-corrected chi connectivity index (χ0v) is 9.80. The van der Waals surface area contributed by atoms with Crippen LogP contribution in [0.2, 0.25) is 0 Å². The molecular formula is C7H13F6N2OP. The van der Waals surface area contributed by atoms with Crippen molar-refractivity contribution < 1.29 is 34.9 Å². The Hall–Kier alpha value is -0.820. The first-order chi connectivity index (χ1) is 7.28. The van der Waals surface area contributed by atoms with Gasteiger partial charge in [0.25, 0.3) is 0 Å². The number of nitrogens with zero attached hydrogens (tertiary/aromatic N) is 2. The minimum atomic E-state index is -10.7. The van der Waals surface area contributed by atoms with Crippen LogP contribution < -0.4 is 4.57 Å². The predicted molar refractivity (Wildman–Crippen MR) is 50.9 cm³/mol. The summed E-state index contributed by atoms with van der Waals surface area (Å²) in [4.78, 5) is 0. The van der Waals surface area contributed by atoms with E-state index in [0.29, 0.717) is 0 Å². The van der Waals surface area contributed by atoms with Gasteiger partial charge in [0.1, 0.15) is 12.4 Å². The molecule has 0 unspecified atom stereocenters. The zero-order chi connectivity index (χ0) is 13.8. The van der Waals surface area contributed by atoms with Gasteiger partial charge in [0.15, 0.2) is 0 Å². The maximum atomic E-state index is 9.87. The summed E-state index contributed by atoms with van der Waals surface area (Å²) in [6.45, 7) is 1.17. The van der Waals surface area contributed by atoms with Crippen LogP contribution in [0.5, 0.6) is 0 Å². The summed E-state index contributed by atoms with van der Waals surface area (Å²) in [5, 5.41) is 8.51. The van der Waals surface area contributed by atoms with E-state index in [4.69, 9.17) is 5.11 Å². The molecule has 1 aromatic rings. The van der Waals surface area contributed by atoms with Crippen molar-refractivity contribution in [3.8, 4) is 0 Å². The normalized spacial score (nSPS) is 15.5. The Balaban J connectivity index is 0.000000325. The van der Waals surface area contributed by atoms with Crippen molar-refractivity contribution in [3.63, 3.8) is 0 Å². The average Bonchev–Trinajstić information content (AvgIpc) is 2.42. The van der Waals surface area contributed by atoms with Gasteiger partial charge in [0, 0.05) is 13.0 Å². The van der Waals surface area contributed by atoms with Crippen LogP contribution in [0, 0.1) is 0 Å². The molecule has 0 aliphatic carbocycles. The molecule has 0 amide bonds. The van der Waals surface area contributed by atoms with Gasteiger partial charge in [0.05, 0.1) is 13.6 Å². The summed E-state index contributed by atoms with van der Waals surface area (Å²) in [6, 6.07) is 0. The van der Waals surface area contributed by atoms with Gasteiger partial charge in [0.2, 0.25) is 6.33 Å². The number of aliphatic hydroxyl groups is 1. The van der Waals surface area contributed by atoms with Crippen molar-refractivity contribution >= 4 is 7.81 Å². The summed E-state index contributed by atoms with van der Waals surface area (Å²) >= 11 is 0. The van der Waals surface area contributed by atoms with E-state index < -0.39 is 7.81 Å². The van der Waals surface area contributed by atoms with Gasteiger partial charge in [-0.2, -0.15) is 0 Å². The summed E-state index contributed by atoms with van der Waals surface area (Å²) in [5.74, 6) is 0. The average molecular weight is 286 g/mol. The van der Waals surface area contributed by atoms with E-state index in [1.54, 1.807) is 0 Å².